The van der Waals surface area contributed by atoms with Gasteiger partial charge in [-0.05, 0) is 37.3 Å². The Bertz CT molecular complexity index is 883. The molecule has 0 aliphatic heterocycles. The highest BCUT2D eigenvalue weighted by molar-refractivity contribution is 7.17. The van der Waals surface area contributed by atoms with E-state index in [0.717, 1.165) is 11.8 Å². The van der Waals surface area contributed by atoms with Gasteiger partial charge in [0.2, 0.25) is 0 Å². The van der Waals surface area contributed by atoms with Gasteiger partial charge in [-0.2, -0.15) is 0 Å². The molecule has 0 bridgehead atoms. The van der Waals surface area contributed by atoms with E-state index in [0.29, 0.717) is 15.7 Å². The SMILES string of the molecule is Cc1nc(Nc2ccccc2)sc1C(=O)Nc1ccc(Cl)cc1F. The minimum absolute atomic E-state index is 0.0785. The summed E-state index contributed by atoms with van der Waals surface area (Å²) in [5.74, 6) is -0.993. The molecule has 0 unspecified atom stereocenters. The van der Waals surface area contributed by atoms with Gasteiger partial charge in [0.25, 0.3) is 5.91 Å². The molecule has 0 aliphatic rings. The predicted molar refractivity (Wildman–Crippen MR) is 95.9 cm³/mol. The molecule has 122 valence electrons. The van der Waals surface area contributed by atoms with Crippen LogP contribution in [0.3, 0.4) is 0 Å². The first-order chi connectivity index (χ1) is 11.5. The van der Waals surface area contributed by atoms with E-state index in [1.807, 2.05) is 30.3 Å². The van der Waals surface area contributed by atoms with Gasteiger partial charge in [0, 0.05) is 10.7 Å². The minimum Gasteiger partial charge on any atom is -0.332 e. The summed E-state index contributed by atoms with van der Waals surface area (Å²) >= 11 is 6.92. The molecule has 4 nitrogen and oxygen atoms in total. The van der Waals surface area contributed by atoms with Crippen molar-refractivity contribution >= 4 is 45.4 Å². The molecule has 0 aliphatic carbocycles. The maximum atomic E-state index is 13.8. The van der Waals surface area contributed by atoms with Gasteiger partial charge < -0.3 is 10.6 Å². The molecule has 0 radical (unpaired) electrons. The first-order valence-corrected chi connectivity index (χ1v) is 8.28. The van der Waals surface area contributed by atoms with Gasteiger partial charge in [0.05, 0.1) is 11.4 Å². The summed E-state index contributed by atoms with van der Waals surface area (Å²) in [6, 6.07) is 13.6. The summed E-state index contributed by atoms with van der Waals surface area (Å²) in [4.78, 5) is 17.1. The highest BCUT2D eigenvalue weighted by atomic mass is 35.5. The number of rotatable bonds is 4. The van der Waals surface area contributed by atoms with E-state index in [-0.39, 0.29) is 10.7 Å². The van der Waals surface area contributed by atoms with E-state index in [1.54, 1.807) is 6.92 Å². The Kier molecular flexibility index (Phi) is 4.78. The number of benzene rings is 2. The second-order valence-corrected chi connectivity index (χ2v) is 6.44. The number of carbonyl (C=O) groups excluding carboxylic acids is 1. The number of halogens is 2. The summed E-state index contributed by atoms with van der Waals surface area (Å²) in [5.41, 5.74) is 1.53. The van der Waals surface area contributed by atoms with Crippen molar-refractivity contribution in [2.24, 2.45) is 0 Å². The molecule has 0 saturated heterocycles. The number of nitrogens with zero attached hydrogens (tertiary/aromatic N) is 1. The maximum Gasteiger partial charge on any atom is 0.267 e. The normalized spacial score (nSPS) is 10.5. The number of hydrogen-bond donors (Lipinski definition) is 2. The van der Waals surface area contributed by atoms with Crippen LogP contribution >= 0.6 is 22.9 Å². The molecule has 7 heteroatoms. The van der Waals surface area contributed by atoms with Gasteiger partial charge >= 0.3 is 0 Å². The third-order valence-electron chi connectivity index (χ3n) is 3.21. The van der Waals surface area contributed by atoms with Crippen LogP contribution in [0.1, 0.15) is 15.4 Å². The lowest BCUT2D eigenvalue weighted by molar-refractivity contribution is 0.102. The summed E-state index contributed by atoms with van der Waals surface area (Å²) in [5, 5.41) is 6.55. The fourth-order valence-electron chi connectivity index (χ4n) is 2.08. The predicted octanol–water partition coefficient (Wildman–Crippen LogP) is 5.24. The number of carbonyl (C=O) groups is 1. The highest BCUT2D eigenvalue weighted by Crippen LogP contribution is 2.27. The number of amides is 1. The largest absolute Gasteiger partial charge is 0.332 e. The molecule has 0 spiro atoms. The molecule has 0 fully saturated rings. The summed E-state index contributed by atoms with van der Waals surface area (Å²) in [6.07, 6.45) is 0. The molecular formula is C17H13ClFN3OS. The lowest BCUT2D eigenvalue weighted by atomic mass is 10.3. The number of nitrogens with one attached hydrogen (secondary N) is 2. The topological polar surface area (TPSA) is 54.0 Å². The average Bonchev–Trinajstić information content (AvgIpc) is 2.91. The van der Waals surface area contributed by atoms with Crippen LogP contribution in [-0.4, -0.2) is 10.9 Å². The van der Waals surface area contributed by atoms with Crippen molar-refractivity contribution in [2.75, 3.05) is 10.6 Å². The molecule has 3 aromatic rings. The van der Waals surface area contributed by atoms with Crippen LogP contribution in [0.4, 0.5) is 20.9 Å². The van der Waals surface area contributed by atoms with Gasteiger partial charge in [0.1, 0.15) is 10.7 Å². The number of hydrogen-bond acceptors (Lipinski definition) is 4. The van der Waals surface area contributed by atoms with Crippen molar-refractivity contribution < 1.29 is 9.18 Å². The molecule has 2 N–H and O–H groups in total. The van der Waals surface area contributed by atoms with Crippen molar-refractivity contribution in [3.8, 4) is 0 Å². The quantitative estimate of drug-likeness (QED) is 0.668. The lowest BCUT2D eigenvalue weighted by Gasteiger charge is -2.05. The second-order valence-electron chi connectivity index (χ2n) is 5.00. The van der Waals surface area contributed by atoms with E-state index in [9.17, 15) is 9.18 Å². The smallest absolute Gasteiger partial charge is 0.267 e. The third kappa shape index (κ3) is 3.72. The number of aromatic nitrogens is 1. The second kappa shape index (κ2) is 6.98. The Hall–Kier alpha value is -2.44. The maximum absolute atomic E-state index is 13.8. The van der Waals surface area contributed by atoms with Crippen molar-refractivity contribution in [3.05, 3.63) is 69.9 Å². The fraction of sp³-hybridized carbons (Fsp3) is 0.0588. The highest BCUT2D eigenvalue weighted by Gasteiger charge is 2.17. The van der Waals surface area contributed by atoms with Crippen LogP contribution in [0.2, 0.25) is 5.02 Å². The monoisotopic (exact) mass is 361 g/mol. The minimum atomic E-state index is -0.583. The van der Waals surface area contributed by atoms with E-state index in [2.05, 4.69) is 15.6 Å². The Labute approximate surface area is 147 Å². The molecule has 0 atom stereocenters. The van der Waals surface area contributed by atoms with E-state index in [1.165, 1.54) is 23.5 Å². The van der Waals surface area contributed by atoms with E-state index in [4.69, 9.17) is 11.6 Å². The van der Waals surface area contributed by atoms with Gasteiger partial charge in [-0.15, -0.1) is 0 Å². The average molecular weight is 362 g/mol. The Morgan fingerprint density at radius 2 is 1.96 bits per heavy atom. The molecule has 0 saturated carbocycles. The van der Waals surface area contributed by atoms with Crippen molar-refractivity contribution in [1.82, 2.24) is 4.98 Å². The number of para-hydroxylation sites is 1. The van der Waals surface area contributed by atoms with Crippen molar-refractivity contribution in [3.63, 3.8) is 0 Å². The molecule has 2 aromatic carbocycles. The Morgan fingerprint density at radius 3 is 2.67 bits per heavy atom. The zero-order chi connectivity index (χ0) is 17.1. The van der Waals surface area contributed by atoms with Crippen LogP contribution in [0.25, 0.3) is 0 Å². The fourth-order valence-corrected chi connectivity index (χ4v) is 3.12. The molecule has 24 heavy (non-hydrogen) atoms. The van der Waals surface area contributed by atoms with Crippen LogP contribution in [0, 0.1) is 12.7 Å². The summed E-state index contributed by atoms with van der Waals surface area (Å²) in [7, 11) is 0. The van der Waals surface area contributed by atoms with E-state index < -0.39 is 11.7 Å². The molecule has 1 aromatic heterocycles. The van der Waals surface area contributed by atoms with Crippen LogP contribution < -0.4 is 10.6 Å². The summed E-state index contributed by atoms with van der Waals surface area (Å²) < 4.78 is 13.8. The first kappa shape index (κ1) is 16.4. The number of anilines is 3. The zero-order valence-electron chi connectivity index (χ0n) is 12.6. The zero-order valence-corrected chi connectivity index (χ0v) is 14.2. The van der Waals surface area contributed by atoms with Gasteiger partial charge in [-0.3, -0.25) is 4.79 Å². The van der Waals surface area contributed by atoms with Gasteiger partial charge in [-0.1, -0.05) is 41.1 Å². The van der Waals surface area contributed by atoms with Crippen LogP contribution in [0.15, 0.2) is 48.5 Å². The number of thiazole rings is 1. The number of aryl methyl sites for hydroxylation is 1. The molecular weight excluding hydrogens is 349 g/mol. The Morgan fingerprint density at radius 1 is 1.21 bits per heavy atom. The third-order valence-corrected chi connectivity index (χ3v) is 4.51. The summed E-state index contributed by atoms with van der Waals surface area (Å²) in [6.45, 7) is 1.74. The van der Waals surface area contributed by atoms with E-state index >= 15 is 0 Å². The van der Waals surface area contributed by atoms with Gasteiger partial charge in [0.15, 0.2) is 5.13 Å². The van der Waals surface area contributed by atoms with Gasteiger partial charge in [-0.25, -0.2) is 9.37 Å². The van der Waals surface area contributed by atoms with Crippen molar-refractivity contribution in [1.29, 1.82) is 0 Å². The standard InChI is InChI=1S/C17H13ClFN3OS/c1-10-15(16(23)22-14-8-7-11(18)9-13(14)19)24-17(20-10)21-12-5-3-2-4-6-12/h2-9H,1H3,(H,20,21)(H,22,23). The molecule has 3 rings (SSSR count). The van der Waals surface area contributed by atoms with Crippen LogP contribution in [-0.2, 0) is 0 Å². The Balaban J connectivity index is 1.78. The van der Waals surface area contributed by atoms with Crippen LogP contribution in [0.5, 0.6) is 0 Å². The van der Waals surface area contributed by atoms with Crippen molar-refractivity contribution in [2.45, 2.75) is 6.92 Å². The molecule has 1 amide bonds. The lowest BCUT2D eigenvalue weighted by Crippen LogP contribution is -2.12. The molecule has 1 heterocycles. The first-order valence-electron chi connectivity index (χ1n) is 7.09.